The number of hydrogen-bond acceptors (Lipinski definition) is 2. The topological polar surface area (TPSA) is 25.2 Å². The van der Waals surface area contributed by atoms with Crippen molar-refractivity contribution >= 4 is 23.2 Å². The molecule has 1 N–H and O–H groups in total. The fraction of sp³-hybridized carbons (Fsp3) is 0.286. The van der Waals surface area contributed by atoms with E-state index in [2.05, 4.69) is 12.2 Å². The molecule has 0 bridgehead atoms. The van der Waals surface area contributed by atoms with Crippen molar-refractivity contribution in [3.05, 3.63) is 58.0 Å². The molecular formula is C14H15Cl2NO. The summed E-state index contributed by atoms with van der Waals surface area (Å²) in [6.45, 7) is 3.03. The zero-order chi connectivity index (χ0) is 13.0. The molecule has 0 radical (unpaired) electrons. The van der Waals surface area contributed by atoms with E-state index < -0.39 is 0 Å². The summed E-state index contributed by atoms with van der Waals surface area (Å²) < 4.78 is 5.15. The van der Waals surface area contributed by atoms with Gasteiger partial charge in [-0.2, -0.15) is 0 Å². The van der Waals surface area contributed by atoms with Gasteiger partial charge in [0.05, 0.1) is 28.6 Å². The molecule has 96 valence electrons. The predicted molar refractivity (Wildman–Crippen MR) is 75.3 cm³/mol. The van der Waals surface area contributed by atoms with Crippen LogP contribution >= 0.6 is 23.2 Å². The van der Waals surface area contributed by atoms with Gasteiger partial charge in [0, 0.05) is 5.56 Å². The van der Waals surface area contributed by atoms with E-state index in [1.54, 1.807) is 18.6 Å². The van der Waals surface area contributed by atoms with Crippen molar-refractivity contribution in [2.24, 2.45) is 0 Å². The molecule has 2 aromatic rings. The van der Waals surface area contributed by atoms with Crippen LogP contribution in [0.5, 0.6) is 0 Å². The smallest absolute Gasteiger partial charge is 0.0953 e. The number of furan rings is 1. The lowest BCUT2D eigenvalue weighted by Crippen LogP contribution is -2.23. The third-order valence-corrected chi connectivity index (χ3v) is 3.60. The van der Waals surface area contributed by atoms with Crippen LogP contribution < -0.4 is 5.32 Å². The van der Waals surface area contributed by atoms with E-state index in [-0.39, 0.29) is 6.04 Å². The first-order valence-corrected chi connectivity index (χ1v) is 6.69. The van der Waals surface area contributed by atoms with E-state index in [9.17, 15) is 0 Å². The van der Waals surface area contributed by atoms with Gasteiger partial charge in [-0.25, -0.2) is 0 Å². The molecule has 2 nitrogen and oxygen atoms in total. The molecule has 0 aliphatic carbocycles. The van der Waals surface area contributed by atoms with Gasteiger partial charge >= 0.3 is 0 Å². The fourth-order valence-electron chi connectivity index (χ4n) is 1.88. The highest BCUT2D eigenvalue weighted by Crippen LogP contribution is 2.33. The van der Waals surface area contributed by atoms with Crippen LogP contribution in [-0.2, 0) is 0 Å². The Kier molecular flexibility index (Phi) is 4.70. The summed E-state index contributed by atoms with van der Waals surface area (Å²) in [5.74, 6) is 0. The molecule has 1 heterocycles. The van der Waals surface area contributed by atoms with E-state index in [0.29, 0.717) is 10.0 Å². The highest BCUT2D eigenvalue weighted by Gasteiger charge is 2.18. The number of rotatable bonds is 5. The lowest BCUT2D eigenvalue weighted by molar-refractivity contribution is 0.548. The van der Waals surface area contributed by atoms with E-state index in [4.69, 9.17) is 27.6 Å². The average Bonchev–Trinajstić information content (AvgIpc) is 2.88. The van der Waals surface area contributed by atoms with Gasteiger partial charge in [-0.1, -0.05) is 42.3 Å². The van der Waals surface area contributed by atoms with E-state index in [1.165, 1.54) is 0 Å². The third-order valence-electron chi connectivity index (χ3n) is 2.77. The minimum atomic E-state index is 0.00917. The maximum atomic E-state index is 6.28. The Morgan fingerprint density at radius 3 is 2.78 bits per heavy atom. The molecular weight excluding hydrogens is 269 g/mol. The van der Waals surface area contributed by atoms with Gasteiger partial charge in [0.2, 0.25) is 0 Å². The van der Waals surface area contributed by atoms with Crippen LogP contribution in [0.2, 0.25) is 10.0 Å². The molecule has 0 spiro atoms. The van der Waals surface area contributed by atoms with Gasteiger partial charge in [0.1, 0.15) is 0 Å². The Morgan fingerprint density at radius 1 is 1.28 bits per heavy atom. The summed E-state index contributed by atoms with van der Waals surface area (Å²) in [4.78, 5) is 0. The van der Waals surface area contributed by atoms with E-state index in [0.717, 1.165) is 24.1 Å². The van der Waals surface area contributed by atoms with Crippen LogP contribution in [0.25, 0.3) is 0 Å². The summed E-state index contributed by atoms with van der Waals surface area (Å²) in [5.41, 5.74) is 2.02. The lowest BCUT2D eigenvalue weighted by Gasteiger charge is -2.19. The molecule has 1 unspecified atom stereocenters. The predicted octanol–water partition coefficient (Wildman–Crippen LogP) is 4.68. The molecule has 18 heavy (non-hydrogen) atoms. The van der Waals surface area contributed by atoms with Crippen LogP contribution in [0.1, 0.15) is 30.5 Å². The average molecular weight is 284 g/mol. The van der Waals surface area contributed by atoms with Crippen molar-refractivity contribution in [2.45, 2.75) is 19.4 Å². The molecule has 2 rings (SSSR count). The van der Waals surface area contributed by atoms with E-state index >= 15 is 0 Å². The molecule has 1 aromatic carbocycles. The maximum Gasteiger partial charge on any atom is 0.0953 e. The van der Waals surface area contributed by atoms with Crippen LogP contribution in [0, 0.1) is 0 Å². The molecule has 0 fully saturated rings. The van der Waals surface area contributed by atoms with Gasteiger partial charge in [-0.3, -0.25) is 0 Å². The maximum absolute atomic E-state index is 6.28. The van der Waals surface area contributed by atoms with E-state index in [1.807, 2.05) is 18.2 Å². The highest BCUT2D eigenvalue weighted by molar-refractivity contribution is 6.42. The molecule has 1 aromatic heterocycles. The zero-order valence-electron chi connectivity index (χ0n) is 10.1. The molecule has 0 saturated heterocycles. The molecule has 0 amide bonds. The second-order valence-corrected chi connectivity index (χ2v) is 4.87. The van der Waals surface area contributed by atoms with Gasteiger partial charge in [0.15, 0.2) is 0 Å². The SMILES string of the molecule is CCCNC(c1ccoc1)c1cccc(Cl)c1Cl. The van der Waals surface area contributed by atoms with Crippen molar-refractivity contribution in [3.63, 3.8) is 0 Å². The quantitative estimate of drug-likeness (QED) is 0.862. The van der Waals surface area contributed by atoms with Crippen molar-refractivity contribution < 1.29 is 4.42 Å². The minimum Gasteiger partial charge on any atom is -0.472 e. The van der Waals surface area contributed by atoms with Crippen LogP contribution in [0.4, 0.5) is 0 Å². The van der Waals surface area contributed by atoms with Crippen molar-refractivity contribution in [1.29, 1.82) is 0 Å². The molecule has 1 atom stereocenters. The first-order chi connectivity index (χ1) is 8.74. The summed E-state index contributed by atoms with van der Waals surface area (Å²) >= 11 is 12.4. The molecule has 0 saturated carbocycles. The van der Waals surface area contributed by atoms with Gasteiger partial charge in [-0.05, 0) is 30.7 Å². The van der Waals surface area contributed by atoms with Crippen molar-refractivity contribution in [3.8, 4) is 0 Å². The first kappa shape index (κ1) is 13.5. The van der Waals surface area contributed by atoms with Crippen molar-refractivity contribution in [1.82, 2.24) is 5.32 Å². The van der Waals surface area contributed by atoms with Gasteiger partial charge in [-0.15, -0.1) is 0 Å². The first-order valence-electron chi connectivity index (χ1n) is 5.93. The standard InChI is InChI=1S/C14H15Cl2NO/c1-2-7-17-14(10-6-8-18-9-10)11-4-3-5-12(15)13(11)16/h3-6,8-9,14,17H,2,7H2,1H3. The number of hydrogen-bond donors (Lipinski definition) is 1. The molecule has 0 aliphatic rings. The van der Waals surface area contributed by atoms with Crippen LogP contribution in [0.15, 0.2) is 41.2 Å². The minimum absolute atomic E-state index is 0.00917. The number of benzene rings is 1. The summed E-state index contributed by atoms with van der Waals surface area (Å²) in [5, 5.41) is 4.62. The lowest BCUT2D eigenvalue weighted by atomic mass is 10.0. The van der Waals surface area contributed by atoms with Gasteiger partial charge < -0.3 is 9.73 Å². The Balaban J connectivity index is 2.37. The molecule has 4 heteroatoms. The number of nitrogens with one attached hydrogen (secondary N) is 1. The Morgan fingerprint density at radius 2 is 2.11 bits per heavy atom. The summed E-state index contributed by atoms with van der Waals surface area (Å²) in [7, 11) is 0. The zero-order valence-corrected chi connectivity index (χ0v) is 11.6. The Labute approximate surface area is 117 Å². The Bertz CT molecular complexity index is 497. The highest BCUT2D eigenvalue weighted by atomic mass is 35.5. The fourth-order valence-corrected chi connectivity index (χ4v) is 2.30. The van der Waals surface area contributed by atoms with Gasteiger partial charge in [0.25, 0.3) is 0 Å². The molecule has 0 aliphatic heterocycles. The van der Waals surface area contributed by atoms with Crippen LogP contribution in [-0.4, -0.2) is 6.54 Å². The summed E-state index contributed by atoms with van der Waals surface area (Å²) in [6.07, 6.45) is 4.44. The van der Waals surface area contributed by atoms with Crippen molar-refractivity contribution in [2.75, 3.05) is 6.54 Å². The number of halogens is 2. The Hall–Kier alpha value is -0.960. The monoisotopic (exact) mass is 283 g/mol. The van der Waals surface area contributed by atoms with Crippen LogP contribution in [0.3, 0.4) is 0 Å². The second-order valence-electron chi connectivity index (χ2n) is 4.09. The normalized spacial score (nSPS) is 12.6. The summed E-state index contributed by atoms with van der Waals surface area (Å²) in [6, 6.07) is 7.62. The largest absolute Gasteiger partial charge is 0.472 e. The second kappa shape index (κ2) is 6.28. The third kappa shape index (κ3) is 2.89.